The van der Waals surface area contributed by atoms with E-state index in [4.69, 9.17) is 14.2 Å². The molecule has 7 nitrogen and oxygen atoms in total. The van der Waals surface area contributed by atoms with E-state index in [0.29, 0.717) is 5.57 Å². The summed E-state index contributed by atoms with van der Waals surface area (Å²) in [6, 6.07) is 15.2. The average molecular weight is 434 g/mol. The number of likely N-dealkylation sites (N-methyl/N-ethyl adjacent to an activating group) is 2. The topological polar surface area (TPSA) is 68.3 Å². The van der Waals surface area contributed by atoms with Gasteiger partial charge in [0.2, 0.25) is 0 Å². The quantitative estimate of drug-likeness (QED) is 0.715. The molecule has 32 heavy (non-hydrogen) atoms. The van der Waals surface area contributed by atoms with E-state index >= 15 is 0 Å². The van der Waals surface area contributed by atoms with Crippen LogP contribution in [-0.4, -0.2) is 47.8 Å². The van der Waals surface area contributed by atoms with E-state index < -0.39 is 24.2 Å². The lowest BCUT2D eigenvalue weighted by Gasteiger charge is -2.43. The summed E-state index contributed by atoms with van der Waals surface area (Å²) in [5.41, 5.74) is 4.62. The summed E-state index contributed by atoms with van der Waals surface area (Å²) in [6.07, 6.45) is 0.779. The molecule has 0 bridgehead atoms. The van der Waals surface area contributed by atoms with Crippen LogP contribution in [0.1, 0.15) is 40.9 Å². The van der Waals surface area contributed by atoms with Crippen molar-refractivity contribution in [3.63, 3.8) is 0 Å². The van der Waals surface area contributed by atoms with Gasteiger partial charge in [0.25, 0.3) is 5.91 Å². The van der Waals surface area contributed by atoms with Crippen LogP contribution in [0.4, 0.5) is 4.79 Å². The van der Waals surface area contributed by atoms with Gasteiger partial charge < -0.3 is 19.1 Å². The number of benzene rings is 2. The summed E-state index contributed by atoms with van der Waals surface area (Å²) < 4.78 is 19.0. The number of amides is 3. The molecule has 2 aromatic carbocycles. The lowest BCUT2D eigenvalue weighted by molar-refractivity contribution is -0.332. The van der Waals surface area contributed by atoms with Crippen LogP contribution < -0.4 is 0 Å². The molecule has 0 saturated carbocycles. The molecule has 2 aromatic rings. The third kappa shape index (κ3) is 3.12. The normalized spacial score (nSPS) is 26.8. The number of fused-ring (bicyclic) bond motifs is 1. The maximum absolute atomic E-state index is 12.6. The van der Waals surface area contributed by atoms with Gasteiger partial charge in [-0.1, -0.05) is 48.5 Å². The largest absolute Gasteiger partial charge is 0.446 e. The molecule has 0 aliphatic carbocycles. The molecule has 0 N–H and O–H groups in total. The van der Waals surface area contributed by atoms with Crippen molar-refractivity contribution < 1.29 is 23.8 Å². The summed E-state index contributed by atoms with van der Waals surface area (Å²) in [4.78, 5) is 27.8. The van der Waals surface area contributed by atoms with Crippen LogP contribution in [0, 0.1) is 13.8 Å². The summed E-state index contributed by atoms with van der Waals surface area (Å²) in [6.45, 7) is 4.08. The van der Waals surface area contributed by atoms with Crippen LogP contribution in [-0.2, 0) is 19.0 Å². The molecule has 2 fully saturated rings. The minimum Gasteiger partial charge on any atom is -0.446 e. The maximum Gasteiger partial charge on any atom is 0.330 e. The molecule has 0 radical (unpaired) electrons. The summed E-state index contributed by atoms with van der Waals surface area (Å²) >= 11 is 0. The summed E-state index contributed by atoms with van der Waals surface area (Å²) in [5, 5.41) is 0. The summed E-state index contributed by atoms with van der Waals surface area (Å²) in [7, 11) is 3.14. The number of hydrogen-bond donors (Lipinski definition) is 0. The highest BCUT2D eigenvalue weighted by atomic mass is 16.9. The molecule has 7 heteroatoms. The first-order chi connectivity index (χ1) is 15.3. The van der Waals surface area contributed by atoms with E-state index in [0.717, 1.165) is 27.2 Å². The first kappa shape index (κ1) is 20.7. The number of nitrogens with zero attached hydrogens (tertiary/aromatic N) is 2. The Bertz CT molecular complexity index is 1070. The number of carbonyl (C=O) groups is 2. The van der Waals surface area contributed by atoms with Gasteiger partial charge in [0.15, 0.2) is 0 Å². The van der Waals surface area contributed by atoms with Crippen LogP contribution in [0.15, 0.2) is 60.4 Å². The second-order valence-corrected chi connectivity index (χ2v) is 8.64. The lowest BCUT2D eigenvalue weighted by Crippen LogP contribution is -2.59. The van der Waals surface area contributed by atoms with Crippen LogP contribution in [0.2, 0.25) is 0 Å². The smallest absolute Gasteiger partial charge is 0.330 e. The minimum absolute atomic E-state index is 0.200. The van der Waals surface area contributed by atoms with Crippen molar-refractivity contribution in [2.45, 2.75) is 44.5 Å². The van der Waals surface area contributed by atoms with Crippen molar-refractivity contribution in [1.29, 1.82) is 0 Å². The molecule has 5 rings (SSSR count). The van der Waals surface area contributed by atoms with Crippen molar-refractivity contribution in [3.8, 4) is 0 Å². The Kier molecular flexibility index (Phi) is 4.83. The van der Waals surface area contributed by atoms with E-state index in [2.05, 4.69) is 0 Å². The predicted molar refractivity (Wildman–Crippen MR) is 116 cm³/mol. The standard InChI is InChI=1S/C25H26N2O5/c1-15-9-5-7-11-17(15)21-22(18-12-8-6-10-16(18)2)32-25(31-21)13-20-19(14-30-25)23(28)27(4)24(29)26(20)3/h5-12,14,20-22H,13H2,1-4H3/t20-,21-,22-/m0/s1. The van der Waals surface area contributed by atoms with Crippen molar-refractivity contribution in [2.75, 3.05) is 14.1 Å². The van der Waals surface area contributed by atoms with Gasteiger partial charge in [-0.15, -0.1) is 0 Å². The minimum atomic E-state index is -1.40. The van der Waals surface area contributed by atoms with E-state index in [1.807, 2.05) is 62.4 Å². The lowest BCUT2D eigenvalue weighted by atomic mass is 9.93. The fourth-order valence-electron chi connectivity index (χ4n) is 4.77. The molecule has 3 atom stereocenters. The third-order valence-corrected chi connectivity index (χ3v) is 6.65. The van der Waals surface area contributed by atoms with Crippen LogP contribution >= 0.6 is 0 Å². The fourth-order valence-corrected chi connectivity index (χ4v) is 4.77. The number of aryl methyl sites for hydroxylation is 2. The molecule has 0 aromatic heterocycles. The molecule has 1 spiro atoms. The Morgan fingerprint density at radius 2 is 1.41 bits per heavy atom. The molecular weight excluding hydrogens is 408 g/mol. The zero-order valence-electron chi connectivity index (χ0n) is 18.6. The van der Waals surface area contributed by atoms with Crippen molar-refractivity contribution in [2.24, 2.45) is 0 Å². The number of hydrogen-bond acceptors (Lipinski definition) is 5. The number of urea groups is 1. The molecule has 3 aliphatic rings. The number of imide groups is 1. The Hall–Kier alpha value is -3.16. The van der Waals surface area contributed by atoms with Gasteiger partial charge in [0, 0.05) is 14.1 Å². The van der Waals surface area contributed by atoms with Crippen LogP contribution in [0.25, 0.3) is 0 Å². The van der Waals surface area contributed by atoms with E-state index in [1.54, 1.807) is 7.05 Å². The average Bonchev–Trinajstić information content (AvgIpc) is 3.15. The second-order valence-electron chi connectivity index (χ2n) is 8.64. The Morgan fingerprint density at radius 3 is 1.94 bits per heavy atom. The van der Waals surface area contributed by atoms with E-state index in [9.17, 15) is 9.59 Å². The molecule has 166 valence electrons. The molecule has 3 heterocycles. The highest BCUT2D eigenvalue weighted by molar-refractivity contribution is 6.07. The third-order valence-electron chi connectivity index (χ3n) is 6.65. The predicted octanol–water partition coefficient (Wildman–Crippen LogP) is 3.98. The molecule has 0 unspecified atom stereocenters. The molecule has 2 saturated heterocycles. The van der Waals surface area contributed by atoms with Gasteiger partial charge in [0.1, 0.15) is 18.5 Å². The molecular formula is C25H26N2O5. The van der Waals surface area contributed by atoms with Crippen LogP contribution in [0.3, 0.4) is 0 Å². The van der Waals surface area contributed by atoms with Crippen molar-refractivity contribution in [3.05, 3.63) is 82.6 Å². The Labute approximate surface area is 187 Å². The maximum atomic E-state index is 12.6. The SMILES string of the molecule is Cc1ccccc1[C@@H]1OC2(C[C@H]3C(=CO2)C(=O)N(C)C(=O)N3C)O[C@H]1c1ccccc1C. The zero-order valence-corrected chi connectivity index (χ0v) is 18.6. The van der Waals surface area contributed by atoms with E-state index in [1.165, 1.54) is 18.2 Å². The second kappa shape index (κ2) is 7.46. The van der Waals surface area contributed by atoms with Crippen LogP contribution in [0.5, 0.6) is 0 Å². The fraction of sp³-hybridized carbons (Fsp3) is 0.360. The number of ether oxygens (including phenoxy) is 3. The van der Waals surface area contributed by atoms with Crippen molar-refractivity contribution >= 4 is 11.9 Å². The first-order valence-corrected chi connectivity index (χ1v) is 10.7. The van der Waals surface area contributed by atoms with Gasteiger partial charge in [-0.25, -0.2) is 4.79 Å². The zero-order chi connectivity index (χ0) is 22.6. The Morgan fingerprint density at radius 1 is 0.875 bits per heavy atom. The summed E-state index contributed by atoms with van der Waals surface area (Å²) in [5.74, 6) is -1.77. The number of carbonyl (C=O) groups excluding carboxylic acids is 2. The first-order valence-electron chi connectivity index (χ1n) is 10.7. The van der Waals surface area contributed by atoms with Gasteiger partial charge in [-0.2, -0.15) is 0 Å². The van der Waals surface area contributed by atoms with Gasteiger partial charge >= 0.3 is 12.0 Å². The molecule has 3 aliphatic heterocycles. The highest BCUT2D eigenvalue weighted by Gasteiger charge is 2.57. The highest BCUT2D eigenvalue weighted by Crippen LogP contribution is 2.52. The van der Waals surface area contributed by atoms with Gasteiger partial charge in [-0.3, -0.25) is 9.69 Å². The monoisotopic (exact) mass is 434 g/mol. The molecule has 3 amide bonds. The van der Waals surface area contributed by atoms with Crippen molar-refractivity contribution in [1.82, 2.24) is 9.80 Å². The van der Waals surface area contributed by atoms with E-state index in [-0.39, 0.29) is 18.4 Å². The Balaban J connectivity index is 1.56. The number of rotatable bonds is 2. The van der Waals surface area contributed by atoms with Gasteiger partial charge in [0.05, 0.1) is 18.0 Å². The van der Waals surface area contributed by atoms with Gasteiger partial charge in [-0.05, 0) is 36.1 Å².